The van der Waals surface area contributed by atoms with E-state index in [-0.39, 0.29) is 18.4 Å². The molecule has 0 atom stereocenters. The summed E-state index contributed by atoms with van der Waals surface area (Å²) in [5.41, 5.74) is 4.67. The van der Waals surface area contributed by atoms with E-state index in [2.05, 4.69) is 5.32 Å². The second kappa shape index (κ2) is 11.3. The zero-order valence-electron chi connectivity index (χ0n) is 21.1. The minimum absolute atomic E-state index is 0.0340. The number of para-hydroxylation sites is 1. The molecule has 0 bridgehead atoms. The third-order valence-corrected chi connectivity index (χ3v) is 7.03. The normalized spacial score (nSPS) is 13.7. The molecule has 1 aromatic heterocycles. The van der Waals surface area contributed by atoms with Crippen molar-refractivity contribution in [3.8, 4) is 16.8 Å². The summed E-state index contributed by atoms with van der Waals surface area (Å²) in [5.74, 6) is 1.13. The molecule has 1 saturated carbocycles. The minimum Gasteiger partial charge on any atom is -0.334 e. The summed E-state index contributed by atoms with van der Waals surface area (Å²) in [7, 11) is 0. The van der Waals surface area contributed by atoms with Crippen LogP contribution in [0, 0.1) is 19.8 Å². The van der Waals surface area contributed by atoms with Gasteiger partial charge in [0, 0.05) is 18.5 Å². The van der Waals surface area contributed by atoms with Crippen molar-refractivity contribution < 1.29 is 9.59 Å². The number of nitrogens with zero attached hydrogens (tertiary/aromatic N) is 3. The van der Waals surface area contributed by atoms with E-state index in [0.29, 0.717) is 24.7 Å². The van der Waals surface area contributed by atoms with E-state index in [4.69, 9.17) is 5.10 Å². The molecule has 184 valence electrons. The van der Waals surface area contributed by atoms with Gasteiger partial charge in [0.05, 0.1) is 17.9 Å². The van der Waals surface area contributed by atoms with Crippen LogP contribution >= 0.6 is 0 Å². The summed E-state index contributed by atoms with van der Waals surface area (Å²) >= 11 is 0. The van der Waals surface area contributed by atoms with Crippen molar-refractivity contribution in [1.82, 2.24) is 14.7 Å². The van der Waals surface area contributed by atoms with Crippen molar-refractivity contribution in [3.05, 3.63) is 65.9 Å². The predicted octanol–water partition coefficient (Wildman–Crippen LogP) is 5.91. The van der Waals surface area contributed by atoms with Crippen LogP contribution in [-0.2, 0) is 9.59 Å². The molecule has 1 aliphatic carbocycles. The van der Waals surface area contributed by atoms with Crippen LogP contribution in [-0.4, -0.2) is 39.6 Å². The Morgan fingerprint density at radius 1 is 1.03 bits per heavy atom. The molecule has 0 radical (unpaired) electrons. The Labute approximate surface area is 208 Å². The van der Waals surface area contributed by atoms with Gasteiger partial charge in [-0.25, -0.2) is 4.68 Å². The van der Waals surface area contributed by atoms with E-state index in [0.717, 1.165) is 34.5 Å². The lowest BCUT2D eigenvalue weighted by Gasteiger charge is -2.22. The smallest absolute Gasteiger partial charge is 0.245 e. The van der Waals surface area contributed by atoms with Gasteiger partial charge in [-0.2, -0.15) is 5.10 Å². The number of hydrogen-bond donors (Lipinski definition) is 1. The van der Waals surface area contributed by atoms with Crippen LogP contribution in [0.15, 0.2) is 54.6 Å². The first kappa shape index (κ1) is 24.7. The van der Waals surface area contributed by atoms with Gasteiger partial charge in [0.2, 0.25) is 11.8 Å². The number of carbonyl (C=O) groups is 2. The van der Waals surface area contributed by atoms with Crippen LogP contribution in [0.3, 0.4) is 0 Å². The first-order valence-electron chi connectivity index (χ1n) is 12.8. The summed E-state index contributed by atoms with van der Waals surface area (Å²) in [5, 5.41) is 7.91. The number of aromatic nitrogens is 2. The summed E-state index contributed by atoms with van der Waals surface area (Å²) in [6, 6.07) is 18.0. The molecule has 35 heavy (non-hydrogen) atoms. The monoisotopic (exact) mass is 472 g/mol. The van der Waals surface area contributed by atoms with Crippen LogP contribution in [0.5, 0.6) is 0 Å². The van der Waals surface area contributed by atoms with Crippen molar-refractivity contribution in [1.29, 1.82) is 0 Å². The highest BCUT2D eigenvalue weighted by atomic mass is 16.2. The molecule has 4 rings (SSSR count). The average molecular weight is 473 g/mol. The van der Waals surface area contributed by atoms with E-state index in [1.807, 2.05) is 80.1 Å². The topological polar surface area (TPSA) is 67.2 Å². The first-order valence-corrected chi connectivity index (χ1v) is 12.8. The number of anilines is 1. The van der Waals surface area contributed by atoms with E-state index in [9.17, 15) is 9.59 Å². The largest absolute Gasteiger partial charge is 0.334 e. The molecule has 1 fully saturated rings. The maximum atomic E-state index is 13.3. The lowest BCUT2D eigenvalue weighted by atomic mass is 10.0. The molecular formula is C29H36N4O2. The van der Waals surface area contributed by atoms with Gasteiger partial charge >= 0.3 is 0 Å². The Morgan fingerprint density at radius 3 is 2.40 bits per heavy atom. The molecule has 6 heteroatoms. The number of benzene rings is 2. The molecule has 1 aliphatic rings. The zero-order chi connectivity index (χ0) is 24.8. The van der Waals surface area contributed by atoms with Gasteiger partial charge in [0.1, 0.15) is 5.82 Å². The number of hydrogen-bond acceptors (Lipinski definition) is 3. The van der Waals surface area contributed by atoms with Gasteiger partial charge in [-0.3, -0.25) is 9.59 Å². The van der Waals surface area contributed by atoms with Crippen LogP contribution in [0.2, 0.25) is 0 Å². The molecule has 1 N–H and O–H groups in total. The SMILES string of the molecule is CCN(CC(=O)Nc1c(-c2ccccc2)c(C)nn1-c1ccccc1C)C(=O)CCC1CCCC1. The Hall–Kier alpha value is -3.41. The van der Waals surface area contributed by atoms with Gasteiger partial charge in [-0.15, -0.1) is 0 Å². The van der Waals surface area contributed by atoms with Crippen molar-refractivity contribution in [3.63, 3.8) is 0 Å². The Kier molecular flexibility index (Phi) is 8.01. The zero-order valence-corrected chi connectivity index (χ0v) is 21.1. The molecule has 3 aromatic rings. The molecule has 0 unspecified atom stereocenters. The van der Waals surface area contributed by atoms with E-state index >= 15 is 0 Å². The Morgan fingerprint density at radius 2 is 1.71 bits per heavy atom. The van der Waals surface area contributed by atoms with Crippen molar-refractivity contribution in [2.45, 2.75) is 59.3 Å². The average Bonchev–Trinajstić information content (AvgIpc) is 3.49. The highest BCUT2D eigenvalue weighted by molar-refractivity contribution is 5.98. The minimum atomic E-state index is -0.215. The number of carbonyl (C=O) groups excluding carboxylic acids is 2. The molecular weight excluding hydrogens is 436 g/mol. The quantitative estimate of drug-likeness (QED) is 0.421. The molecule has 2 aromatic carbocycles. The van der Waals surface area contributed by atoms with Gasteiger partial charge in [0.15, 0.2) is 0 Å². The second-order valence-electron chi connectivity index (χ2n) is 9.52. The van der Waals surface area contributed by atoms with Crippen LogP contribution < -0.4 is 5.32 Å². The fraction of sp³-hybridized carbons (Fsp3) is 0.414. The standard InChI is InChI=1S/C29H36N4O2/c1-4-32(27(35)19-18-23-13-9-10-14-23)20-26(34)30-29-28(24-15-6-5-7-16-24)22(3)31-33(29)25-17-11-8-12-21(25)2/h5-8,11-12,15-17,23H,4,9-10,13-14,18-20H2,1-3H3,(H,30,34). The fourth-order valence-electron chi connectivity index (χ4n) is 5.07. The van der Waals surface area contributed by atoms with Gasteiger partial charge in [-0.05, 0) is 50.3 Å². The van der Waals surface area contributed by atoms with Crippen LogP contribution in [0.4, 0.5) is 5.82 Å². The number of aryl methyl sites for hydroxylation is 2. The summed E-state index contributed by atoms with van der Waals surface area (Å²) < 4.78 is 1.81. The van der Waals surface area contributed by atoms with E-state index in [1.54, 1.807) is 4.90 Å². The van der Waals surface area contributed by atoms with E-state index < -0.39 is 0 Å². The van der Waals surface area contributed by atoms with Crippen molar-refractivity contribution in [2.75, 3.05) is 18.4 Å². The second-order valence-corrected chi connectivity index (χ2v) is 9.52. The lowest BCUT2D eigenvalue weighted by molar-refractivity contribution is -0.134. The van der Waals surface area contributed by atoms with Crippen LogP contribution in [0.1, 0.15) is 56.7 Å². The fourth-order valence-corrected chi connectivity index (χ4v) is 5.07. The van der Waals surface area contributed by atoms with Gasteiger partial charge < -0.3 is 10.2 Å². The van der Waals surface area contributed by atoms with Crippen molar-refractivity contribution >= 4 is 17.6 Å². The Balaban J connectivity index is 1.57. The maximum Gasteiger partial charge on any atom is 0.245 e. The molecule has 0 spiro atoms. The van der Waals surface area contributed by atoms with E-state index in [1.165, 1.54) is 25.7 Å². The molecule has 1 heterocycles. The van der Waals surface area contributed by atoms with Crippen LogP contribution in [0.25, 0.3) is 16.8 Å². The highest BCUT2D eigenvalue weighted by Gasteiger charge is 2.23. The first-order chi connectivity index (χ1) is 17.0. The maximum absolute atomic E-state index is 13.3. The third kappa shape index (κ3) is 5.81. The molecule has 0 saturated heterocycles. The predicted molar refractivity (Wildman–Crippen MR) is 141 cm³/mol. The number of amides is 2. The summed E-state index contributed by atoms with van der Waals surface area (Å²) in [6.45, 7) is 6.46. The Bertz CT molecular complexity index is 1160. The lowest BCUT2D eigenvalue weighted by Crippen LogP contribution is -2.38. The summed E-state index contributed by atoms with van der Waals surface area (Å²) in [6.07, 6.45) is 6.44. The van der Waals surface area contributed by atoms with Gasteiger partial charge in [-0.1, -0.05) is 74.2 Å². The van der Waals surface area contributed by atoms with Crippen molar-refractivity contribution in [2.24, 2.45) is 5.92 Å². The highest BCUT2D eigenvalue weighted by Crippen LogP contribution is 2.34. The molecule has 2 amide bonds. The van der Waals surface area contributed by atoms with Gasteiger partial charge in [0.25, 0.3) is 0 Å². The molecule has 6 nitrogen and oxygen atoms in total. The summed E-state index contributed by atoms with van der Waals surface area (Å²) in [4.78, 5) is 27.8. The number of likely N-dealkylation sites (N-methyl/N-ethyl adjacent to an activating group) is 1. The third-order valence-electron chi connectivity index (χ3n) is 7.03. The number of rotatable bonds is 9. The number of nitrogens with one attached hydrogen (secondary N) is 1. The molecule has 0 aliphatic heterocycles.